The van der Waals surface area contributed by atoms with E-state index in [4.69, 9.17) is 0 Å². The monoisotopic (exact) mass is 283 g/mol. The van der Waals surface area contributed by atoms with Gasteiger partial charge in [0, 0.05) is 25.9 Å². The summed E-state index contributed by atoms with van der Waals surface area (Å²) >= 11 is 0. The minimum Gasteiger partial charge on any atom is -0.466 e. The zero-order valence-corrected chi connectivity index (χ0v) is 10.7. The molecule has 0 aliphatic heterocycles. The molecule has 1 rings (SSSR count). The van der Waals surface area contributed by atoms with Crippen LogP contribution >= 0.6 is 0 Å². The Morgan fingerprint density at radius 2 is 2.00 bits per heavy atom. The lowest BCUT2D eigenvalue weighted by Crippen LogP contribution is -2.02. The molecule has 1 aromatic heterocycles. The Morgan fingerprint density at radius 3 is 2.21 bits per heavy atom. The van der Waals surface area contributed by atoms with E-state index in [1.807, 2.05) is 16.8 Å². The van der Waals surface area contributed by atoms with Crippen LogP contribution in [0.25, 0.3) is 0 Å². The van der Waals surface area contributed by atoms with E-state index in [0.717, 1.165) is 6.54 Å². The van der Waals surface area contributed by atoms with Crippen LogP contribution in [-0.4, -0.2) is 29.4 Å². The van der Waals surface area contributed by atoms with E-state index in [0.29, 0.717) is 6.61 Å². The van der Waals surface area contributed by atoms with Gasteiger partial charge in [-0.3, -0.25) is 4.79 Å². The van der Waals surface area contributed by atoms with Crippen LogP contribution in [0.5, 0.6) is 0 Å². The van der Waals surface area contributed by atoms with Crippen molar-refractivity contribution in [2.24, 2.45) is 0 Å². The average molecular weight is 283 g/mol. The second-order valence-electron chi connectivity index (χ2n) is 2.97. The summed E-state index contributed by atoms with van der Waals surface area (Å²) in [6.07, 6.45) is 7.26. The minimum absolute atomic E-state index is 0.211. The Bertz CT molecular complexity index is 336. The lowest BCUT2D eigenvalue weighted by Gasteiger charge is -1.94. The van der Waals surface area contributed by atoms with Crippen molar-refractivity contribution >= 4 is 13.2 Å². The number of carbonyl (C=O) groups excluding carboxylic acids is 1. The van der Waals surface area contributed by atoms with Gasteiger partial charge in [0.05, 0.1) is 12.9 Å². The van der Waals surface area contributed by atoms with Gasteiger partial charge in [-0.1, -0.05) is 6.08 Å². The van der Waals surface area contributed by atoms with Crippen LogP contribution in [-0.2, 0) is 16.1 Å². The molecule has 0 amide bonds. The second-order valence-corrected chi connectivity index (χ2v) is 2.97. The van der Waals surface area contributed by atoms with Gasteiger partial charge in [-0.25, -0.2) is 4.98 Å². The van der Waals surface area contributed by atoms with E-state index in [-0.39, 0.29) is 5.97 Å². The highest BCUT2D eigenvalue weighted by atomic mass is 19.5. The number of esters is 1. The highest BCUT2D eigenvalue weighted by molar-refractivity contribution is 6.50. The van der Waals surface area contributed by atoms with Gasteiger partial charge in [0.1, 0.15) is 0 Å². The first kappa shape index (κ1) is 19.5. The Balaban J connectivity index is 0. The topological polar surface area (TPSA) is 44.1 Å². The maximum Gasteiger partial charge on any atom is 0.673 e. The number of rotatable bonds is 3. The van der Waals surface area contributed by atoms with E-state index >= 15 is 0 Å². The fraction of sp³-hybridized carbons (Fsp3) is 0.400. The van der Waals surface area contributed by atoms with Crippen LogP contribution in [0.15, 0.2) is 31.4 Å². The molecule has 0 radical (unpaired) electrons. The van der Waals surface area contributed by atoms with Crippen LogP contribution in [0.4, 0.5) is 17.3 Å². The highest BCUT2D eigenvalue weighted by Gasteiger charge is 2.20. The molecular weight excluding hydrogens is 267 g/mol. The smallest absolute Gasteiger partial charge is 0.466 e. The van der Waals surface area contributed by atoms with Crippen LogP contribution in [0.1, 0.15) is 13.8 Å². The van der Waals surface area contributed by atoms with Crippen LogP contribution in [0.3, 0.4) is 0 Å². The Hall–Kier alpha value is -1.80. The summed E-state index contributed by atoms with van der Waals surface area (Å²) in [6.45, 7) is 8.09. The molecule has 9 heteroatoms. The van der Waals surface area contributed by atoms with Crippen LogP contribution < -0.4 is 0 Å². The van der Waals surface area contributed by atoms with Gasteiger partial charge in [-0.05, 0) is 6.92 Å². The van der Waals surface area contributed by atoms with Crippen molar-refractivity contribution in [1.29, 1.82) is 0 Å². The summed E-state index contributed by atoms with van der Waals surface area (Å²) in [5.41, 5.74) is 0. The molecule has 0 saturated carbocycles. The van der Waals surface area contributed by atoms with E-state index in [1.54, 1.807) is 19.4 Å². The molecule has 0 aliphatic carbocycles. The standard InChI is InChI=1S/C6H8N2.C4H8O2.BF4/c1-2-4-8-5-3-7-6-8;1-3-6-4(2)5;2-1(3,4)5/h2-3,5-6H,1,4H2;3H2,1-2H3;/q;;-1. The lowest BCUT2D eigenvalue weighted by atomic mass is 10.3. The van der Waals surface area contributed by atoms with Crippen molar-refractivity contribution in [3.63, 3.8) is 0 Å². The first-order valence-electron chi connectivity index (χ1n) is 5.28. The van der Waals surface area contributed by atoms with Gasteiger partial charge < -0.3 is 26.6 Å². The summed E-state index contributed by atoms with van der Waals surface area (Å²) in [5, 5.41) is 0. The molecule has 19 heavy (non-hydrogen) atoms. The molecule has 0 saturated heterocycles. The van der Waals surface area contributed by atoms with Crippen LogP contribution in [0, 0.1) is 0 Å². The average Bonchev–Trinajstić information content (AvgIpc) is 2.69. The minimum atomic E-state index is -6.00. The van der Waals surface area contributed by atoms with Gasteiger partial charge in [0.25, 0.3) is 0 Å². The first-order chi connectivity index (χ1) is 8.70. The molecule has 0 aromatic carbocycles. The quantitative estimate of drug-likeness (QED) is 0.371. The second kappa shape index (κ2) is 11.3. The predicted molar refractivity (Wildman–Crippen MR) is 64.9 cm³/mol. The van der Waals surface area contributed by atoms with Crippen molar-refractivity contribution in [2.75, 3.05) is 6.61 Å². The number of nitrogens with zero attached hydrogens (tertiary/aromatic N) is 2. The van der Waals surface area contributed by atoms with Crippen molar-refractivity contribution in [1.82, 2.24) is 9.55 Å². The summed E-state index contributed by atoms with van der Waals surface area (Å²) in [6, 6.07) is 0. The number of hydrogen-bond donors (Lipinski definition) is 0. The van der Waals surface area contributed by atoms with Gasteiger partial charge in [0.15, 0.2) is 0 Å². The third-order valence-electron chi connectivity index (χ3n) is 1.25. The molecular formula is C10H16BF4N2O2-. The molecule has 1 heterocycles. The van der Waals surface area contributed by atoms with Gasteiger partial charge in [-0.15, -0.1) is 6.58 Å². The van der Waals surface area contributed by atoms with Gasteiger partial charge in [0.2, 0.25) is 0 Å². The summed E-state index contributed by atoms with van der Waals surface area (Å²) in [4.78, 5) is 13.7. The number of hydrogen-bond acceptors (Lipinski definition) is 3. The van der Waals surface area contributed by atoms with E-state index < -0.39 is 7.25 Å². The fourth-order valence-corrected chi connectivity index (χ4v) is 0.747. The SMILES string of the molecule is C=CCn1ccnc1.CCOC(C)=O.F[B-](F)(F)F. The van der Waals surface area contributed by atoms with E-state index in [2.05, 4.69) is 16.3 Å². The van der Waals surface area contributed by atoms with Crippen molar-refractivity contribution in [3.8, 4) is 0 Å². The molecule has 4 nitrogen and oxygen atoms in total. The molecule has 0 fully saturated rings. The number of ether oxygens (including phenoxy) is 1. The van der Waals surface area contributed by atoms with Crippen molar-refractivity contribution in [3.05, 3.63) is 31.4 Å². The zero-order chi connectivity index (χ0) is 15.3. The molecule has 0 atom stereocenters. The fourth-order valence-electron chi connectivity index (χ4n) is 0.747. The zero-order valence-electron chi connectivity index (χ0n) is 10.7. The Morgan fingerprint density at radius 1 is 1.47 bits per heavy atom. The molecule has 0 bridgehead atoms. The summed E-state index contributed by atoms with van der Waals surface area (Å²) in [7, 11) is -6.00. The molecule has 0 aliphatic rings. The Kier molecular flexibility index (Phi) is 11.6. The van der Waals surface area contributed by atoms with Crippen molar-refractivity contribution in [2.45, 2.75) is 20.4 Å². The van der Waals surface area contributed by atoms with Gasteiger partial charge >= 0.3 is 13.2 Å². The normalized spacial score (nSPS) is 9.37. The molecule has 0 N–H and O–H groups in total. The van der Waals surface area contributed by atoms with E-state index in [9.17, 15) is 22.1 Å². The number of aromatic nitrogens is 2. The molecule has 1 aromatic rings. The lowest BCUT2D eigenvalue weighted by molar-refractivity contribution is -0.140. The number of halogens is 4. The van der Waals surface area contributed by atoms with E-state index in [1.165, 1.54) is 6.92 Å². The third kappa shape index (κ3) is 26.0. The van der Waals surface area contributed by atoms with Gasteiger partial charge in [-0.2, -0.15) is 0 Å². The summed E-state index contributed by atoms with van der Waals surface area (Å²) < 4.78 is 45.4. The highest BCUT2D eigenvalue weighted by Crippen LogP contribution is 2.06. The Labute approximate surface area is 109 Å². The number of allylic oxidation sites excluding steroid dienone is 1. The maximum atomic E-state index is 9.82. The largest absolute Gasteiger partial charge is 0.673 e. The molecule has 110 valence electrons. The first-order valence-corrected chi connectivity index (χ1v) is 5.28. The van der Waals surface area contributed by atoms with Crippen molar-refractivity contribution < 1.29 is 26.8 Å². The maximum absolute atomic E-state index is 9.82. The summed E-state index contributed by atoms with van der Waals surface area (Å²) in [5.74, 6) is -0.211. The number of imidazole rings is 1. The van der Waals surface area contributed by atoms with Crippen LogP contribution in [0.2, 0.25) is 0 Å². The molecule has 0 spiro atoms. The number of carbonyl (C=O) groups is 1. The predicted octanol–water partition coefficient (Wildman–Crippen LogP) is 2.94. The molecule has 0 unspecified atom stereocenters. The third-order valence-corrected chi connectivity index (χ3v) is 1.25.